The Hall–Kier alpha value is -2.29. The van der Waals surface area contributed by atoms with Gasteiger partial charge in [0.2, 0.25) is 15.9 Å². The fraction of sp³-hybridized carbons (Fsp3) is 0.409. The molecule has 1 fully saturated rings. The van der Waals surface area contributed by atoms with Crippen molar-refractivity contribution in [1.82, 2.24) is 4.31 Å². The van der Waals surface area contributed by atoms with Crippen LogP contribution in [0.5, 0.6) is 11.5 Å². The number of rotatable bonds is 8. The van der Waals surface area contributed by atoms with Crippen molar-refractivity contribution < 1.29 is 22.7 Å². The van der Waals surface area contributed by atoms with Crippen LogP contribution in [-0.4, -0.2) is 45.4 Å². The van der Waals surface area contributed by atoms with E-state index in [-0.39, 0.29) is 17.5 Å². The van der Waals surface area contributed by atoms with Crippen LogP contribution < -0.4 is 14.8 Å². The maximum Gasteiger partial charge on any atom is 0.243 e. The Labute approximate surface area is 188 Å². The zero-order valence-corrected chi connectivity index (χ0v) is 19.2. The molecular formula is C22H27ClN2O5S. The van der Waals surface area contributed by atoms with Crippen LogP contribution in [0.15, 0.2) is 47.4 Å². The smallest absolute Gasteiger partial charge is 0.243 e. The van der Waals surface area contributed by atoms with E-state index in [1.54, 1.807) is 18.2 Å². The zero-order valence-electron chi connectivity index (χ0n) is 17.6. The molecule has 0 heterocycles. The third-order valence-corrected chi connectivity index (χ3v) is 7.55. The Morgan fingerprint density at radius 2 is 1.74 bits per heavy atom. The van der Waals surface area contributed by atoms with E-state index in [0.717, 1.165) is 32.1 Å². The quantitative estimate of drug-likeness (QED) is 0.626. The van der Waals surface area contributed by atoms with E-state index in [0.29, 0.717) is 22.2 Å². The summed E-state index contributed by atoms with van der Waals surface area (Å²) in [6, 6.07) is 10.8. The number of halogens is 1. The number of carbonyl (C=O) groups is 1. The summed E-state index contributed by atoms with van der Waals surface area (Å²) in [5.41, 5.74) is 0.416. The lowest BCUT2D eigenvalue weighted by molar-refractivity contribution is -0.116. The second-order valence-corrected chi connectivity index (χ2v) is 9.74. The molecule has 2 aromatic rings. The van der Waals surface area contributed by atoms with Crippen LogP contribution >= 0.6 is 11.6 Å². The second kappa shape index (κ2) is 10.3. The molecule has 0 spiro atoms. The molecule has 1 amide bonds. The molecule has 0 bridgehead atoms. The van der Waals surface area contributed by atoms with Gasteiger partial charge in [-0.05, 0) is 49.2 Å². The molecule has 1 N–H and O–H groups in total. The first-order valence-electron chi connectivity index (χ1n) is 10.1. The number of hydrogen-bond donors (Lipinski definition) is 1. The van der Waals surface area contributed by atoms with Crippen molar-refractivity contribution in [1.29, 1.82) is 0 Å². The average Bonchev–Trinajstić information content (AvgIpc) is 2.78. The molecule has 3 rings (SSSR count). The van der Waals surface area contributed by atoms with Crippen molar-refractivity contribution in [3.05, 3.63) is 47.5 Å². The van der Waals surface area contributed by atoms with Crippen molar-refractivity contribution >= 4 is 33.2 Å². The van der Waals surface area contributed by atoms with Gasteiger partial charge in [-0.3, -0.25) is 4.79 Å². The summed E-state index contributed by atoms with van der Waals surface area (Å²) in [6.07, 6.45) is 4.38. The molecule has 0 aromatic heterocycles. The van der Waals surface area contributed by atoms with Crippen molar-refractivity contribution in [2.45, 2.75) is 43.0 Å². The first-order valence-corrected chi connectivity index (χ1v) is 12.0. The summed E-state index contributed by atoms with van der Waals surface area (Å²) in [5, 5.41) is 3.22. The number of hydrogen-bond acceptors (Lipinski definition) is 5. The van der Waals surface area contributed by atoms with E-state index in [1.807, 2.05) is 0 Å². The standard InChI is InChI=1S/C22H27ClN2O5S/c1-29-18-10-13-21(30-2)20(14-18)24-22(26)15-25(17-6-4-3-5-7-17)31(27,28)19-11-8-16(23)9-12-19/h8-14,17H,3-7,15H2,1-2H3,(H,24,26). The van der Waals surface area contributed by atoms with Gasteiger partial charge in [-0.2, -0.15) is 4.31 Å². The van der Waals surface area contributed by atoms with E-state index in [2.05, 4.69) is 5.32 Å². The summed E-state index contributed by atoms with van der Waals surface area (Å²) in [5.74, 6) is 0.558. The van der Waals surface area contributed by atoms with Gasteiger partial charge >= 0.3 is 0 Å². The number of carbonyl (C=O) groups excluding carboxylic acids is 1. The largest absolute Gasteiger partial charge is 0.497 e. The molecule has 0 aliphatic heterocycles. The average molecular weight is 467 g/mol. The molecule has 2 aromatic carbocycles. The summed E-state index contributed by atoms with van der Waals surface area (Å²) >= 11 is 5.92. The Kier molecular flexibility index (Phi) is 7.80. The van der Waals surface area contributed by atoms with Gasteiger partial charge in [-0.1, -0.05) is 30.9 Å². The number of benzene rings is 2. The van der Waals surface area contributed by atoms with Crippen LogP contribution in [0.2, 0.25) is 5.02 Å². The van der Waals surface area contributed by atoms with E-state index >= 15 is 0 Å². The van der Waals surface area contributed by atoms with Gasteiger partial charge in [-0.15, -0.1) is 0 Å². The van der Waals surface area contributed by atoms with Gasteiger partial charge in [0.1, 0.15) is 11.5 Å². The molecule has 168 valence electrons. The molecule has 1 saturated carbocycles. The van der Waals surface area contributed by atoms with Crippen LogP contribution in [0.4, 0.5) is 5.69 Å². The van der Waals surface area contributed by atoms with E-state index in [9.17, 15) is 13.2 Å². The number of anilines is 1. The van der Waals surface area contributed by atoms with Gasteiger partial charge in [-0.25, -0.2) is 8.42 Å². The highest BCUT2D eigenvalue weighted by atomic mass is 35.5. The minimum Gasteiger partial charge on any atom is -0.497 e. The van der Waals surface area contributed by atoms with Crippen molar-refractivity contribution in [3.8, 4) is 11.5 Å². The van der Waals surface area contributed by atoms with Crippen molar-refractivity contribution in [2.24, 2.45) is 0 Å². The van der Waals surface area contributed by atoms with Gasteiger partial charge < -0.3 is 14.8 Å². The summed E-state index contributed by atoms with van der Waals surface area (Å²) in [6.45, 7) is -0.296. The monoisotopic (exact) mass is 466 g/mol. The predicted molar refractivity (Wildman–Crippen MR) is 120 cm³/mol. The van der Waals surface area contributed by atoms with Crippen LogP contribution in [-0.2, 0) is 14.8 Å². The zero-order chi connectivity index (χ0) is 22.4. The van der Waals surface area contributed by atoms with Crippen LogP contribution in [0.25, 0.3) is 0 Å². The normalized spacial score (nSPS) is 15.0. The van der Waals surface area contributed by atoms with E-state index in [1.165, 1.54) is 42.8 Å². The van der Waals surface area contributed by atoms with E-state index in [4.69, 9.17) is 21.1 Å². The number of sulfonamides is 1. The molecule has 0 saturated heterocycles. The first-order chi connectivity index (χ1) is 14.8. The SMILES string of the molecule is COc1ccc(OC)c(NC(=O)CN(C2CCCCC2)S(=O)(=O)c2ccc(Cl)cc2)c1. The summed E-state index contributed by atoms with van der Waals surface area (Å²) < 4.78 is 38.7. The second-order valence-electron chi connectivity index (χ2n) is 7.41. The number of amides is 1. The maximum atomic E-state index is 13.4. The first kappa shape index (κ1) is 23.4. The van der Waals surface area contributed by atoms with Crippen LogP contribution in [0.3, 0.4) is 0 Å². The third kappa shape index (κ3) is 5.70. The molecule has 7 nitrogen and oxygen atoms in total. The maximum absolute atomic E-state index is 13.4. The minimum absolute atomic E-state index is 0.120. The third-order valence-electron chi connectivity index (χ3n) is 5.38. The molecule has 1 aliphatic carbocycles. The molecule has 0 atom stereocenters. The Morgan fingerprint density at radius 1 is 1.06 bits per heavy atom. The summed E-state index contributed by atoms with van der Waals surface area (Å²) in [4.78, 5) is 13.1. The minimum atomic E-state index is -3.88. The Morgan fingerprint density at radius 3 is 2.35 bits per heavy atom. The van der Waals surface area contributed by atoms with Crippen LogP contribution in [0.1, 0.15) is 32.1 Å². The van der Waals surface area contributed by atoms with Gasteiger partial charge in [0.25, 0.3) is 0 Å². The van der Waals surface area contributed by atoms with Gasteiger partial charge in [0.05, 0.1) is 31.3 Å². The highest BCUT2D eigenvalue weighted by Crippen LogP contribution is 2.31. The number of methoxy groups -OCH3 is 2. The van der Waals surface area contributed by atoms with Gasteiger partial charge in [0, 0.05) is 17.1 Å². The molecule has 31 heavy (non-hydrogen) atoms. The lowest BCUT2D eigenvalue weighted by atomic mass is 9.95. The fourth-order valence-corrected chi connectivity index (χ4v) is 5.53. The number of nitrogens with zero attached hydrogens (tertiary/aromatic N) is 1. The number of nitrogens with one attached hydrogen (secondary N) is 1. The molecular weight excluding hydrogens is 440 g/mol. The topological polar surface area (TPSA) is 84.9 Å². The lowest BCUT2D eigenvalue weighted by Gasteiger charge is -2.33. The summed E-state index contributed by atoms with van der Waals surface area (Å²) in [7, 11) is -0.854. The number of ether oxygens (including phenoxy) is 2. The molecule has 0 unspecified atom stereocenters. The Bertz CT molecular complexity index is 1010. The van der Waals surface area contributed by atoms with Gasteiger partial charge in [0.15, 0.2) is 0 Å². The van der Waals surface area contributed by atoms with Crippen molar-refractivity contribution in [2.75, 3.05) is 26.1 Å². The predicted octanol–water partition coefficient (Wildman–Crippen LogP) is 4.32. The highest BCUT2D eigenvalue weighted by Gasteiger charge is 2.34. The van der Waals surface area contributed by atoms with Crippen molar-refractivity contribution in [3.63, 3.8) is 0 Å². The lowest BCUT2D eigenvalue weighted by Crippen LogP contribution is -2.45. The molecule has 9 heteroatoms. The fourth-order valence-electron chi connectivity index (χ4n) is 3.76. The molecule has 1 aliphatic rings. The molecule has 0 radical (unpaired) electrons. The Balaban J connectivity index is 1.87. The van der Waals surface area contributed by atoms with Crippen LogP contribution in [0, 0.1) is 0 Å². The highest BCUT2D eigenvalue weighted by molar-refractivity contribution is 7.89. The van der Waals surface area contributed by atoms with E-state index < -0.39 is 15.9 Å².